The monoisotopic (exact) mass is 459 g/mol. The van der Waals surface area contributed by atoms with Crippen LogP contribution in [0.3, 0.4) is 0 Å². The third-order valence-electron chi connectivity index (χ3n) is 6.31. The van der Waals surface area contributed by atoms with E-state index in [2.05, 4.69) is 22.4 Å². The number of hydrogen-bond acceptors (Lipinski definition) is 2. The minimum Gasteiger partial charge on any atom is -0.320 e. The first-order valence-corrected chi connectivity index (χ1v) is 11.6. The van der Waals surface area contributed by atoms with E-state index in [1.165, 1.54) is 24.5 Å². The molecule has 0 bridgehead atoms. The van der Waals surface area contributed by atoms with Crippen molar-refractivity contribution >= 4 is 28.9 Å². The van der Waals surface area contributed by atoms with Crippen LogP contribution in [0.15, 0.2) is 48.5 Å². The minimum atomic E-state index is -0.974. The van der Waals surface area contributed by atoms with Gasteiger partial charge in [-0.3, -0.25) is 0 Å². The van der Waals surface area contributed by atoms with Crippen LogP contribution in [0.2, 0.25) is 5.02 Å². The lowest BCUT2D eigenvalue weighted by atomic mass is 9.90. The van der Waals surface area contributed by atoms with Gasteiger partial charge in [-0.1, -0.05) is 29.8 Å². The molecule has 4 nitrogen and oxygen atoms in total. The second-order valence-corrected chi connectivity index (χ2v) is 8.91. The molecule has 1 fully saturated rings. The maximum absolute atomic E-state index is 13.6. The molecule has 0 radical (unpaired) electrons. The summed E-state index contributed by atoms with van der Waals surface area (Å²) in [5.74, 6) is -1.90. The molecule has 1 saturated heterocycles. The maximum Gasteiger partial charge on any atom is 0.322 e. The SMILES string of the molecule is O=C(Nc1ccc(F)c(F)c1)N(CCN1CCCC1)C1CC=C(c2cccc(Cl)c2)CC1. The van der Waals surface area contributed by atoms with Crippen molar-refractivity contribution in [1.82, 2.24) is 9.80 Å². The highest BCUT2D eigenvalue weighted by Gasteiger charge is 2.27. The fraction of sp³-hybridized carbons (Fsp3) is 0.400. The van der Waals surface area contributed by atoms with Gasteiger partial charge >= 0.3 is 6.03 Å². The molecule has 1 heterocycles. The van der Waals surface area contributed by atoms with E-state index in [0.29, 0.717) is 11.6 Å². The maximum atomic E-state index is 13.6. The molecule has 1 aliphatic carbocycles. The Labute approximate surface area is 192 Å². The van der Waals surface area contributed by atoms with Gasteiger partial charge in [0.1, 0.15) is 0 Å². The minimum absolute atomic E-state index is 0.0471. The van der Waals surface area contributed by atoms with E-state index in [4.69, 9.17) is 11.6 Å². The molecule has 32 heavy (non-hydrogen) atoms. The van der Waals surface area contributed by atoms with Crippen molar-refractivity contribution in [3.05, 3.63) is 70.8 Å². The van der Waals surface area contributed by atoms with E-state index in [1.54, 1.807) is 0 Å². The molecule has 2 aromatic carbocycles. The van der Waals surface area contributed by atoms with E-state index in [9.17, 15) is 13.6 Å². The summed E-state index contributed by atoms with van der Waals surface area (Å²) in [7, 11) is 0. The Morgan fingerprint density at radius 1 is 1.12 bits per heavy atom. The number of rotatable bonds is 6. The van der Waals surface area contributed by atoms with Crippen molar-refractivity contribution in [3.8, 4) is 0 Å². The lowest BCUT2D eigenvalue weighted by Gasteiger charge is -2.35. The summed E-state index contributed by atoms with van der Waals surface area (Å²) >= 11 is 6.14. The predicted molar refractivity (Wildman–Crippen MR) is 125 cm³/mol. The molecule has 0 aromatic heterocycles. The fourth-order valence-electron chi connectivity index (χ4n) is 4.53. The van der Waals surface area contributed by atoms with E-state index < -0.39 is 11.6 Å². The van der Waals surface area contributed by atoms with Crippen LogP contribution in [0, 0.1) is 11.6 Å². The molecule has 1 atom stereocenters. The molecular weight excluding hydrogens is 432 g/mol. The van der Waals surface area contributed by atoms with Gasteiger partial charge in [-0.05, 0) is 80.6 Å². The van der Waals surface area contributed by atoms with Gasteiger partial charge in [-0.25, -0.2) is 13.6 Å². The first-order valence-electron chi connectivity index (χ1n) is 11.2. The summed E-state index contributed by atoms with van der Waals surface area (Å²) in [5, 5.41) is 3.47. The van der Waals surface area contributed by atoms with Crippen molar-refractivity contribution in [3.63, 3.8) is 0 Å². The number of carbonyl (C=O) groups is 1. The Hall–Kier alpha value is -2.44. The van der Waals surface area contributed by atoms with Gasteiger partial charge in [0.15, 0.2) is 11.6 Å². The highest BCUT2D eigenvalue weighted by Crippen LogP contribution is 2.31. The van der Waals surface area contributed by atoms with Crippen LogP contribution in [0.1, 0.15) is 37.7 Å². The Kier molecular flexibility index (Phi) is 7.43. The van der Waals surface area contributed by atoms with Crippen LogP contribution in [0.5, 0.6) is 0 Å². The molecule has 2 aliphatic rings. The van der Waals surface area contributed by atoms with Gasteiger partial charge in [0, 0.05) is 35.9 Å². The topological polar surface area (TPSA) is 35.6 Å². The molecule has 170 valence electrons. The molecule has 1 aliphatic heterocycles. The summed E-state index contributed by atoms with van der Waals surface area (Å²) in [6.45, 7) is 3.53. The van der Waals surface area contributed by atoms with Gasteiger partial charge in [-0.2, -0.15) is 0 Å². The molecule has 2 amide bonds. The number of allylic oxidation sites excluding steroid dienone is 1. The summed E-state index contributed by atoms with van der Waals surface area (Å²) in [4.78, 5) is 17.4. The number of urea groups is 1. The number of nitrogens with zero attached hydrogens (tertiary/aromatic N) is 2. The number of carbonyl (C=O) groups excluding carboxylic acids is 1. The molecule has 0 saturated carbocycles. The first kappa shape index (κ1) is 22.7. The van der Waals surface area contributed by atoms with Crippen LogP contribution in [-0.2, 0) is 0 Å². The Balaban J connectivity index is 1.47. The number of hydrogen-bond donors (Lipinski definition) is 1. The lowest BCUT2D eigenvalue weighted by molar-refractivity contribution is 0.170. The zero-order valence-corrected chi connectivity index (χ0v) is 18.8. The zero-order valence-electron chi connectivity index (χ0n) is 18.0. The van der Waals surface area contributed by atoms with Crippen LogP contribution < -0.4 is 5.32 Å². The Morgan fingerprint density at radius 3 is 2.62 bits per heavy atom. The Morgan fingerprint density at radius 2 is 1.94 bits per heavy atom. The largest absolute Gasteiger partial charge is 0.322 e. The third kappa shape index (κ3) is 5.67. The molecule has 7 heteroatoms. The van der Waals surface area contributed by atoms with Crippen LogP contribution in [0.25, 0.3) is 5.57 Å². The quantitative estimate of drug-likeness (QED) is 0.559. The standard InChI is InChI=1S/C25H28ClF2N3O/c26-20-5-3-4-19(16-20)18-6-9-22(10-7-18)31(15-14-30-12-1-2-13-30)25(32)29-21-8-11-23(27)24(28)17-21/h3-6,8,11,16-17,22H,1-2,7,9-10,12-15H2,(H,29,32). The zero-order chi connectivity index (χ0) is 22.5. The van der Waals surface area contributed by atoms with Gasteiger partial charge in [0.05, 0.1) is 0 Å². The van der Waals surface area contributed by atoms with E-state index in [0.717, 1.165) is 56.6 Å². The second-order valence-electron chi connectivity index (χ2n) is 8.47. The second kappa shape index (κ2) is 10.5. The fourth-order valence-corrected chi connectivity index (χ4v) is 4.72. The van der Waals surface area contributed by atoms with Crippen molar-refractivity contribution in [2.45, 2.75) is 38.1 Å². The van der Waals surface area contributed by atoms with Gasteiger partial charge < -0.3 is 15.1 Å². The normalized spacial score (nSPS) is 19.0. The van der Waals surface area contributed by atoms with E-state index in [-0.39, 0.29) is 17.8 Å². The van der Waals surface area contributed by atoms with Crippen molar-refractivity contribution < 1.29 is 13.6 Å². The lowest BCUT2D eigenvalue weighted by Crippen LogP contribution is -2.47. The average molecular weight is 460 g/mol. The molecule has 1 unspecified atom stereocenters. The van der Waals surface area contributed by atoms with Crippen molar-refractivity contribution in [2.75, 3.05) is 31.5 Å². The molecule has 0 spiro atoms. The number of anilines is 1. The van der Waals surface area contributed by atoms with Crippen LogP contribution >= 0.6 is 11.6 Å². The summed E-state index contributed by atoms with van der Waals surface area (Å²) in [5.41, 5.74) is 2.61. The van der Waals surface area contributed by atoms with Crippen LogP contribution in [-0.4, -0.2) is 48.1 Å². The number of likely N-dealkylation sites (tertiary alicyclic amines) is 1. The smallest absolute Gasteiger partial charge is 0.320 e. The highest BCUT2D eigenvalue weighted by molar-refractivity contribution is 6.30. The number of benzene rings is 2. The van der Waals surface area contributed by atoms with Gasteiger partial charge in [-0.15, -0.1) is 0 Å². The molecule has 2 aromatic rings. The van der Waals surface area contributed by atoms with Crippen molar-refractivity contribution in [1.29, 1.82) is 0 Å². The Bertz CT molecular complexity index is 991. The third-order valence-corrected chi connectivity index (χ3v) is 6.54. The van der Waals surface area contributed by atoms with Gasteiger partial charge in [0.2, 0.25) is 0 Å². The number of halogens is 3. The summed E-state index contributed by atoms with van der Waals surface area (Å²) in [6.07, 6.45) is 7.00. The molecular formula is C25H28ClF2N3O. The summed E-state index contributed by atoms with van der Waals surface area (Å²) < 4.78 is 26.9. The predicted octanol–water partition coefficient (Wildman–Crippen LogP) is 6.18. The van der Waals surface area contributed by atoms with E-state index in [1.807, 2.05) is 23.1 Å². The average Bonchev–Trinajstić information content (AvgIpc) is 3.30. The van der Waals surface area contributed by atoms with Crippen LogP contribution in [0.4, 0.5) is 19.3 Å². The number of nitrogens with one attached hydrogen (secondary N) is 1. The summed E-state index contributed by atoms with van der Waals surface area (Å²) in [6, 6.07) is 11.0. The first-order chi connectivity index (χ1) is 15.5. The number of amides is 2. The van der Waals surface area contributed by atoms with Crippen molar-refractivity contribution in [2.24, 2.45) is 0 Å². The highest BCUT2D eigenvalue weighted by atomic mass is 35.5. The molecule has 1 N–H and O–H groups in total. The molecule has 4 rings (SSSR count). The van der Waals surface area contributed by atoms with Gasteiger partial charge in [0.25, 0.3) is 0 Å². The van der Waals surface area contributed by atoms with E-state index >= 15 is 0 Å².